The minimum atomic E-state index is -0.768. The van der Waals surface area contributed by atoms with Crippen LogP contribution in [0.1, 0.15) is 12.8 Å². The van der Waals surface area contributed by atoms with Gasteiger partial charge in [-0.2, -0.15) is 0 Å². The van der Waals surface area contributed by atoms with Crippen molar-refractivity contribution in [2.75, 3.05) is 11.5 Å². The summed E-state index contributed by atoms with van der Waals surface area (Å²) in [4.78, 5) is 20.2. The van der Waals surface area contributed by atoms with Crippen LogP contribution in [0.2, 0.25) is 0 Å². The van der Waals surface area contributed by atoms with Crippen LogP contribution in [0.15, 0.2) is 0 Å². The van der Waals surface area contributed by atoms with E-state index in [2.05, 4.69) is 0 Å². The molecule has 0 radical (unpaired) electrons. The Bertz CT molecular complexity index is 158. The van der Waals surface area contributed by atoms with Crippen molar-refractivity contribution in [3.8, 4) is 0 Å². The molecule has 76 valence electrons. The number of carboxylic acids is 2. The predicted octanol–water partition coefficient (Wildman–Crippen LogP) is 0.936. The Hall–Kier alpha value is 0.430. The molecule has 0 aromatic rings. The summed E-state index contributed by atoms with van der Waals surface area (Å²) in [6.07, 6.45) is 0.407. The van der Waals surface area contributed by atoms with Gasteiger partial charge < -0.3 is 0 Å². The van der Waals surface area contributed by atoms with E-state index in [1.54, 1.807) is 18.0 Å². The average molecular weight is 338 g/mol. The molecule has 0 rings (SSSR count). The van der Waals surface area contributed by atoms with E-state index in [0.717, 1.165) is 0 Å². The second-order valence-electron chi connectivity index (χ2n) is 2.00. The van der Waals surface area contributed by atoms with Crippen LogP contribution in [0.4, 0.5) is 0 Å². The Morgan fingerprint density at radius 1 is 1.00 bits per heavy atom. The van der Waals surface area contributed by atoms with Gasteiger partial charge in [0.1, 0.15) is 0 Å². The molecule has 0 unspecified atom stereocenters. The van der Waals surface area contributed by atoms with Crippen molar-refractivity contribution >= 4 is 48.1 Å². The van der Waals surface area contributed by atoms with E-state index >= 15 is 0 Å². The van der Waals surface area contributed by atoms with Crippen LogP contribution in [-0.4, -0.2) is 51.8 Å². The van der Waals surface area contributed by atoms with Crippen molar-refractivity contribution in [1.82, 2.24) is 0 Å². The van der Waals surface area contributed by atoms with E-state index in [0.29, 0.717) is 11.5 Å². The van der Waals surface area contributed by atoms with Gasteiger partial charge in [-0.25, -0.2) is 0 Å². The minimum absolute atomic E-state index is 0.203. The maximum absolute atomic E-state index is 10.1. The third-order valence-electron chi connectivity index (χ3n) is 0.895. The summed E-state index contributed by atoms with van der Waals surface area (Å²) >= 11 is -0.295. The third kappa shape index (κ3) is 12.4. The van der Waals surface area contributed by atoms with Crippen molar-refractivity contribution in [1.29, 1.82) is 0 Å². The van der Waals surface area contributed by atoms with Gasteiger partial charge in [0.2, 0.25) is 0 Å². The van der Waals surface area contributed by atoms with Crippen molar-refractivity contribution in [2.45, 2.75) is 12.8 Å². The SMILES string of the molecule is O=C(O)CCS[Te]SCCC(=O)O. The molecule has 0 aliphatic heterocycles. The molecule has 0 spiro atoms. The molecule has 4 nitrogen and oxygen atoms in total. The van der Waals surface area contributed by atoms with Crippen LogP contribution in [0.5, 0.6) is 0 Å². The van der Waals surface area contributed by atoms with E-state index in [-0.39, 0.29) is 31.0 Å². The van der Waals surface area contributed by atoms with Crippen molar-refractivity contribution < 1.29 is 19.8 Å². The molecule has 0 aliphatic rings. The average Bonchev–Trinajstić information content (AvgIpc) is 2.01. The second-order valence-corrected chi connectivity index (χ2v) is 11.4. The normalized spacial score (nSPS) is 9.85. The quantitative estimate of drug-likeness (QED) is 0.507. The van der Waals surface area contributed by atoms with Crippen LogP contribution in [-0.2, 0) is 9.59 Å². The fourth-order valence-corrected chi connectivity index (χ4v) is 8.36. The van der Waals surface area contributed by atoms with Gasteiger partial charge in [-0.15, -0.1) is 0 Å². The zero-order chi connectivity index (χ0) is 10.1. The predicted molar refractivity (Wildman–Crippen MR) is 55.2 cm³/mol. The van der Waals surface area contributed by atoms with Crippen LogP contribution >= 0.6 is 18.0 Å². The molecule has 13 heavy (non-hydrogen) atoms. The Kier molecular flexibility index (Phi) is 9.30. The summed E-state index contributed by atoms with van der Waals surface area (Å²) in [5, 5.41) is 16.6. The molecule has 0 atom stereocenters. The van der Waals surface area contributed by atoms with E-state index in [9.17, 15) is 9.59 Å². The Balaban J connectivity index is 3.00. The van der Waals surface area contributed by atoms with Crippen LogP contribution in [0.3, 0.4) is 0 Å². The van der Waals surface area contributed by atoms with Gasteiger partial charge in [0.15, 0.2) is 0 Å². The fraction of sp³-hybridized carbons (Fsp3) is 0.667. The summed E-state index contributed by atoms with van der Waals surface area (Å²) in [5.41, 5.74) is 0. The first-order valence-corrected chi connectivity index (χ1v) is 11.0. The zero-order valence-electron chi connectivity index (χ0n) is 6.76. The molecule has 0 bridgehead atoms. The van der Waals surface area contributed by atoms with Crippen molar-refractivity contribution in [3.05, 3.63) is 0 Å². The first kappa shape index (κ1) is 13.4. The topological polar surface area (TPSA) is 74.6 Å². The van der Waals surface area contributed by atoms with Gasteiger partial charge in [0.25, 0.3) is 0 Å². The van der Waals surface area contributed by atoms with Crippen molar-refractivity contribution in [3.63, 3.8) is 0 Å². The van der Waals surface area contributed by atoms with E-state index in [1.165, 1.54) is 0 Å². The van der Waals surface area contributed by atoms with Gasteiger partial charge in [-0.3, -0.25) is 0 Å². The summed E-state index contributed by atoms with van der Waals surface area (Å²) < 4.78 is 0. The van der Waals surface area contributed by atoms with E-state index in [4.69, 9.17) is 10.2 Å². The molecule has 7 heteroatoms. The van der Waals surface area contributed by atoms with E-state index in [1.807, 2.05) is 0 Å². The molecular weight excluding hydrogens is 328 g/mol. The first-order valence-electron chi connectivity index (χ1n) is 3.47. The fourth-order valence-electron chi connectivity index (χ4n) is 0.360. The third-order valence-corrected chi connectivity index (χ3v) is 10.2. The monoisotopic (exact) mass is 340 g/mol. The zero-order valence-corrected chi connectivity index (χ0v) is 10.7. The van der Waals surface area contributed by atoms with Gasteiger partial charge in [0, 0.05) is 0 Å². The van der Waals surface area contributed by atoms with Gasteiger partial charge in [0.05, 0.1) is 0 Å². The Morgan fingerprint density at radius 2 is 1.38 bits per heavy atom. The molecule has 0 saturated heterocycles. The van der Waals surface area contributed by atoms with Gasteiger partial charge >= 0.3 is 92.2 Å². The van der Waals surface area contributed by atoms with Crippen LogP contribution in [0.25, 0.3) is 0 Å². The molecule has 0 amide bonds. The standard InChI is InChI=1S/C6H10O4S2Te/c7-5(8)1-3-11-13-12-4-2-6(9)10/h1-4H2,(H,7,8)(H,9,10). The van der Waals surface area contributed by atoms with Gasteiger partial charge in [-0.05, 0) is 0 Å². The molecule has 0 fully saturated rings. The second kappa shape index (κ2) is 9.00. The summed E-state index contributed by atoms with van der Waals surface area (Å²) in [6.45, 7) is 0. The first-order chi connectivity index (χ1) is 6.13. The molecule has 0 aromatic carbocycles. The maximum atomic E-state index is 10.1. The number of rotatable bonds is 8. The number of aliphatic carboxylic acids is 2. The summed E-state index contributed by atoms with van der Waals surface area (Å²) in [7, 11) is 3.30. The molecule has 2 N–H and O–H groups in total. The van der Waals surface area contributed by atoms with E-state index < -0.39 is 11.9 Å². The number of hydrogen-bond donors (Lipinski definition) is 2. The molecular formula is C6H10O4S2Te. The Labute approximate surface area is 91.9 Å². The molecule has 0 aromatic heterocycles. The number of carboxylic acid groups (broad SMARTS) is 2. The number of carbonyl (C=O) groups is 2. The van der Waals surface area contributed by atoms with Crippen molar-refractivity contribution in [2.24, 2.45) is 0 Å². The number of hydrogen-bond acceptors (Lipinski definition) is 4. The van der Waals surface area contributed by atoms with Gasteiger partial charge in [-0.1, -0.05) is 0 Å². The molecule has 0 saturated carbocycles. The van der Waals surface area contributed by atoms with Crippen LogP contribution in [0, 0.1) is 0 Å². The molecule has 0 heterocycles. The Morgan fingerprint density at radius 3 is 1.69 bits per heavy atom. The van der Waals surface area contributed by atoms with Crippen LogP contribution < -0.4 is 0 Å². The molecule has 0 aliphatic carbocycles. The summed E-state index contributed by atoms with van der Waals surface area (Å²) in [6, 6.07) is 0. The summed E-state index contributed by atoms with van der Waals surface area (Å²) in [5.74, 6) is -0.235.